The van der Waals surface area contributed by atoms with Crippen LogP contribution in [0, 0.1) is 0 Å². The molecule has 7 nitrogen and oxygen atoms in total. The van der Waals surface area contributed by atoms with Crippen LogP contribution in [0.4, 0.5) is 0 Å². The van der Waals surface area contributed by atoms with Gasteiger partial charge in [-0.2, -0.15) is 4.31 Å². The fourth-order valence-corrected chi connectivity index (χ4v) is 3.62. The van der Waals surface area contributed by atoms with E-state index in [0.29, 0.717) is 6.54 Å². The molecule has 0 saturated heterocycles. The van der Waals surface area contributed by atoms with Gasteiger partial charge in [-0.15, -0.1) is 5.10 Å². The minimum absolute atomic E-state index is 0.176. The molecule has 0 aliphatic heterocycles. The summed E-state index contributed by atoms with van der Waals surface area (Å²) >= 11 is 0. The van der Waals surface area contributed by atoms with E-state index in [2.05, 4.69) is 10.3 Å². The van der Waals surface area contributed by atoms with Crippen LogP contribution in [0.1, 0.15) is 18.4 Å². The molecule has 0 spiro atoms. The Kier molecular flexibility index (Phi) is 4.14. The fraction of sp³-hybridized carbons (Fsp3) is 0.294. The average Bonchev–Trinajstić information content (AvgIpc) is 3.38. The van der Waals surface area contributed by atoms with Crippen LogP contribution in [0.2, 0.25) is 0 Å². The zero-order valence-corrected chi connectivity index (χ0v) is 14.6. The number of fused-ring (bicyclic) bond motifs is 1. The lowest BCUT2D eigenvalue weighted by molar-refractivity contribution is 0.413. The molecule has 0 N–H and O–H groups in total. The molecular weight excluding hydrogens is 340 g/mol. The largest absolute Gasteiger partial charge is 0.497 e. The minimum Gasteiger partial charge on any atom is -0.497 e. The lowest BCUT2D eigenvalue weighted by atomic mass is 10.2. The summed E-state index contributed by atoms with van der Waals surface area (Å²) in [4.78, 5) is 0. The van der Waals surface area contributed by atoms with Gasteiger partial charge in [0.05, 0.1) is 18.3 Å². The molecule has 0 radical (unpaired) electrons. The van der Waals surface area contributed by atoms with Gasteiger partial charge in [-0.1, -0.05) is 17.3 Å². The Balaban J connectivity index is 1.60. The second-order valence-electron chi connectivity index (χ2n) is 6.09. The number of nitrogens with zero attached hydrogens (tertiary/aromatic N) is 4. The predicted octanol–water partition coefficient (Wildman–Crippen LogP) is 1.92. The van der Waals surface area contributed by atoms with Crippen molar-refractivity contribution in [1.29, 1.82) is 0 Å². The molecule has 1 saturated carbocycles. The number of ether oxygens (including phenoxy) is 1. The van der Waals surface area contributed by atoms with E-state index in [-0.39, 0.29) is 6.04 Å². The lowest BCUT2D eigenvalue weighted by Gasteiger charge is -2.14. The molecule has 1 aliphatic carbocycles. The first-order valence-corrected chi connectivity index (χ1v) is 9.18. The van der Waals surface area contributed by atoms with Crippen LogP contribution in [-0.4, -0.2) is 40.9 Å². The first-order valence-electron chi connectivity index (χ1n) is 8.05. The highest BCUT2D eigenvalue weighted by Crippen LogP contribution is 2.28. The molecule has 1 heterocycles. The third-order valence-corrected chi connectivity index (χ3v) is 5.24. The average molecular weight is 358 g/mol. The van der Waals surface area contributed by atoms with Crippen LogP contribution in [-0.2, 0) is 17.4 Å². The molecule has 1 aliphatic rings. The quantitative estimate of drug-likeness (QED) is 0.681. The molecule has 0 bridgehead atoms. The number of aromatic nitrogens is 3. The third kappa shape index (κ3) is 3.22. The Bertz CT molecular complexity index is 969. The number of thiol groups is 1. The van der Waals surface area contributed by atoms with Gasteiger partial charge in [0.15, 0.2) is 0 Å². The molecule has 1 aromatic heterocycles. The van der Waals surface area contributed by atoms with Gasteiger partial charge in [0.25, 0.3) is 0 Å². The summed E-state index contributed by atoms with van der Waals surface area (Å²) in [5.41, 5.74) is 3.48. The molecule has 0 amide bonds. The Hall–Kier alpha value is -2.45. The molecule has 0 atom stereocenters. The standard InChI is InChI=1S/C17H18N4O3S/c1-24-15-8-9-17-16(10-15)18-19-21(17)14-4-2-12(3-5-14)11-20(25(22)23)13-6-7-13/h2-5,8-10,13,25H,6-7,11H2,1H3. The number of rotatable bonds is 6. The maximum atomic E-state index is 11.4. The van der Waals surface area contributed by atoms with Crippen molar-refractivity contribution < 1.29 is 13.2 Å². The van der Waals surface area contributed by atoms with Crippen LogP contribution in [0.3, 0.4) is 0 Å². The molecular formula is C17H18N4O3S. The van der Waals surface area contributed by atoms with Gasteiger partial charge in [0.2, 0.25) is 10.9 Å². The molecule has 1 fully saturated rings. The lowest BCUT2D eigenvalue weighted by Crippen LogP contribution is -2.23. The first kappa shape index (κ1) is 16.0. The fourth-order valence-electron chi connectivity index (χ4n) is 2.84. The van der Waals surface area contributed by atoms with Gasteiger partial charge in [-0.3, -0.25) is 0 Å². The molecule has 3 aromatic rings. The van der Waals surface area contributed by atoms with E-state index in [9.17, 15) is 8.42 Å². The van der Waals surface area contributed by atoms with Crippen molar-refractivity contribution in [3.05, 3.63) is 48.0 Å². The van der Waals surface area contributed by atoms with Crippen molar-refractivity contribution in [2.75, 3.05) is 7.11 Å². The highest BCUT2D eigenvalue weighted by molar-refractivity contribution is 7.69. The summed E-state index contributed by atoms with van der Waals surface area (Å²) in [6.45, 7) is 0.416. The van der Waals surface area contributed by atoms with Gasteiger partial charge in [-0.25, -0.2) is 13.1 Å². The third-order valence-electron chi connectivity index (χ3n) is 4.36. The Morgan fingerprint density at radius 3 is 2.60 bits per heavy atom. The van der Waals surface area contributed by atoms with Crippen molar-refractivity contribution in [2.45, 2.75) is 25.4 Å². The first-order chi connectivity index (χ1) is 12.2. The highest BCUT2D eigenvalue weighted by Gasteiger charge is 2.30. The van der Waals surface area contributed by atoms with Gasteiger partial charge >= 0.3 is 0 Å². The number of hydrogen-bond acceptors (Lipinski definition) is 5. The topological polar surface area (TPSA) is 77.3 Å². The highest BCUT2D eigenvalue weighted by atomic mass is 32.2. The summed E-state index contributed by atoms with van der Waals surface area (Å²) in [6.07, 6.45) is 1.91. The van der Waals surface area contributed by atoms with Crippen molar-refractivity contribution in [1.82, 2.24) is 19.3 Å². The molecule has 4 rings (SSSR count). The second kappa shape index (κ2) is 6.45. The zero-order valence-electron chi connectivity index (χ0n) is 13.7. The number of benzene rings is 2. The molecule has 0 unspecified atom stereocenters. The summed E-state index contributed by atoms with van der Waals surface area (Å²) in [7, 11) is -0.927. The van der Waals surface area contributed by atoms with Crippen LogP contribution in [0.5, 0.6) is 5.75 Å². The maximum Gasteiger partial charge on any atom is 0.204 e. The predicted molar refractivity (Wildman–Crippen MR) is 94.3 cm³/mol. The molecule has 25 heavy (non-hydrogen) atoms. The van der Waals surface area contributed by atoms with Crippen LogP contribution in [0.15, 0.2) is 42.5 Å². The van der Waals surface area contributed by atoms with Crippen LogP contribution >= 0.6 is 0 Å². The number of hydrogen-bond donors (Lipinski definition) is 1. The summed E-state index contributed by atoms with van der Waals surface area (Å²) in [5, 5.41) is 8.38. The Morgan fingerprint density at radius 2 is 1.96 bits per heavy atom. The van der Waals surface area contributed by atoms with E-state index < -0.39 is 10.9 Å². The van der Waals surface area contributed by atoms with Crippen molar-refractivity contribution in [2.24, 2.45) is 0 Å². The van der Waals surface area contributed by atoms with E-state index in [1.807, 2.05) is 42.5 Å². The summed E-state index contributed by atoms with van der Waals surface area (Å²) in [6, 6.07) is 13.5. The van der Waals surface area contributed by atoms with E-state index in [1.54, 1.807) is 16.1 Å². The molecule has 8 heteroatoms. The van der Waals surface area contributed by atoms with Gasteiger partial charge in [0, 0.05) is 18.7 Å². The number of methoxy groups -OCH3 is 1. The SMILES string of the molecule is COc1ccc2c(c1)nnn2-c1ccc(CN(C2CC2)[SH](=O)=O)cc1. The second-order valence-corrected chi connectivity index (χ2v) is 7.08. The van der Waals surface area contributed by atoms with Crippen molar-refractivity contribution >= 4 is 21.9 Å². The summed E-state index contributed by atoms with van der Waals surface area (Å²) < 4.78 is 31.2. The molecule has 2 aromatic carbocycles. The monoisotopic (exact) mass is 358 g/mol. The van der Waals surface area contributed by atoms with E-state index in [1.165, 1.54) is 0 Å². The zero-order chi connectivity index (χ0) is 17.4. The maximum absolute atomic E-state index is 11.4. The van der Waals surface area contributed by atoms with Crippen LogP contribution in [0.25, 0.3) is 16.7 Å². The Labute approximate surface area is 146 Å². The van der Waals surface area contributed by atoms with E-state index >= 15 is 0 Å². The van der Waals surface area contributed by atoms with Crippen LogP contribution < -0.4 is 4.74 Å². The Morgan fingerprint density at radius 1 is 1.20 bits per heavy atom. The smallest absolute Gasteiger partial charge is 0.204 e. The van der Waals surface area contributed by atoms with Crippen molar-refractivity contribution in [3.63, 3.8) is 0 Å². The minimum atomic E-state index is -2.54. The van der Waals surface area contributed by atoms with E-state index in [0.717, 1.165) is 40.9 Å². The molecule has 130 valence electrons. The van der Waals surface area contributed by atoms with Gasteiger partial charge in [-0.05, 0) is 42.7 Å². The van der Waals surface area contributed by atoms with Gasteiger partial charge in [0.1, 0.15) is 11.3 Å². The van der Waals surface area contributed by atoms with Crippen molar-refractivity contribution in [3.8, 4) is 11.4 Å². The van der Waals surface area contributed by atoms with Gasteiger partial charge < -0.3 is 4.74 Å². The summed E-state index contributed by atoms with van der Waals surface area (Å²) in [5.74, 6) is 0.738. The van der Waals surface area contributed by atoms with E-state index in [4.69, 9.17) is 4.74 Å². The normalized spacial score (nSPS) is 14.5.